The zero-order valence-corrected chi connectivity index (χ0v) is 9.60. The monoisotopic (exact) mass is 222 g/mol. The molecule has 0 aromatic heterocycles. The van der Waals surface area contributed by atoms with Gasteiger partial charge < -0.3 is 0 Å². The van der Waals surface area contributed by atoms with Crippen LogP contribution in [0.2, 0.25) is 0 Å². The van der Waals surface area contributed by atoms with Gasteiger partial charge in [0.25, 0.3) is 5.12 Å². The van der Waals surface area contributed by atoms with Gasteiger partial charge in [-0.15, -0.1) is 0 Å². The van der Waals surface area contributed by atoms with Crippen molar-refractivity contribution in [3.05, 3.63) is 0 Å². The molecule has 0 aliphatic heterocycles. The Morgan fingerprint density at radius 1 is 1.14 bits per heavy atom. The van der Waals surface area contributed by atoms with Crippen LogP contribution in [-0.4, -0.2) is 20.1 Å². The molecular weight excluding hydrogens is 204 g/mol. The Morgan fingerprint density at radius 3 is 2.21 bits per heavy atom. The average molecular weight is 222 g/mol. The van der Waals surface area contributed by atoms with E-state index < -0.39 is 15.2 Å². The van der Waals surface area contributed by atoms with E-state index in [4.69, 9.17) is 0 Å². The molecule has 0 atom stereocenters. The zero-order chi connectivity index (χ0) is 11.0. The van der Waals surface area contributed by atoms with E-state index in [9.17, 15) is 13.2 Å². The molecule has 5 heteroatoms. The van der Waals surface area contributed by atoms with Crippen LogP contribution in [0.1, 0.15) is 46.0 Å². The molecule has 0 aliphatic rings. The van der Waals surface area contributed by atoms with Gasteiger partial charge >= 0.3 is 10.1 Å². The van der Waals surface area contributed by atoms with Crippen LogP contribution in [0.15, 0.2) is 0 Å². The molecule has 0 saturated heterocycles. The SMILES string of the molecule is CCCCOS(=O)(=O)C(=O)CCCC. The van der Waals surface area contributed by atoms with E-state index in [-0.39, 0.29) is 13.0 Å². The summed E-state index contributed by atoms with van der Waals surface area (Å²) in [6.45, 7) is 3.93. The third-order valence-corrected chi connectivity index (χ3v) is 2.99. The van der Waals surface area contributed by atoms with Crippen molar-refractivity contribution in [3.63, 3.8) is 0 Å². The first kappa shape index (κ1) is 13.6. The van der Waals surface area contributed by atoms with Gasteiger partial charge in [-0.2, -0.15) is 8.42 Å². The van der Waals surface area contributed by atoms with Gasteiger partial charge in [0.15, 0.2) is 0 Å². The van der Waals surface area contributed by atoms with Crippen molar-refractivity contribution in [2.24, 2.45) is 0 Å². The second-order valence-electron chi connectivity index (χ2n) is 3.11. The lowest BCUT2D eigenvalue weighted by Crippen LogP contribution is -2.18. The topological polar surface area (TPSA) is 60.4 Å². The normalized spacial score (nSPS) is 11.6. The smallest absolute Gasteiger partial charge is 0.279 e. The highest BCUT2D eigenvalue weighted by Crippen LogP contribution is 2.05. The number of rotatable bonds is 7. The van der Waals surface area contributed by atoms with Crippen molar-refractivity contribution < 1.29 is 17.4 Å². The fourth-order valence-electron chi connectivity index (χ4n) is 0.825. The molecule has 0 aliphatic carbocycles. The van der Waals surface area contributed by atoms with Gasteiger partial charge in [0.2, 0.25) is 0 Å². The predicted octanol–water partition coefficient (Wildman–Crippen LogP) is 1.85. The van der Waals surface area contributed by atoms with Gasteiger partial charge in [0, 0.05) is 6.42 Å². The zero-order valence-electron chi connectivity index (χ0n) is 8.78. The largest absolute Gasteiger partial charge is 0.331 e. The molecule has 0 fully saturated rings. The highest BCUT2D eigenvalue weighted by Gasteiger charge is 2.21. The Labute approximate surface area is 85.8 Å². The molecule has 0 N–H and O–H groups in total. The van der Waals surface area contributed by atoms with Crippen molar-refractivity contribution in [3.8, 4) is 0 Å². The Bertz CT molecular complexity index is 256. The minimum absolute atomic E-state index is 0.0605. The van der Waals surface area contributed by atoms with Crippen molar-refractivity contribution in [1.29, 1.82) is 0 Å². The van der Waals surface area contributed by atoms with E-state index in [1.54, 1.807) is 0 Å². The fourth-order valence-corrected chi connectivity index (χ4v) is 1.69. The molecule has 0 aromatic rings. The van der Waals surface area contributed by atoms with E-state index in [1.807, 2.05) is 13.8 Å². The van der Waals surface area contributed by atoms with E-state index in [0.29, 0.717) is 12.8 Å². The molecule has 0 bridgehead atoms. The van der Waals surface area contributed by atoms with Gasteiger partial charge in [-0.3, -0.25) is 8.98 Å². The summed E-state index contributed by atoms with van der Waals surface area (Å²) in [5, 5.41) is -0.796. The van der Waals surface area contributed by atoms with Crippen LogP contribution in [0, 0.1) is 0 Å². The minimum atomic E-state index is -3.94. The van der Waals surface area contributed by atoms with Crippen LogP contribution in [-0.2, 0) is 19.1 Å². The Morgan fingerprint density at radius 2 is 1.71 bits per heavy atom. The standard InChI is InChI=1S/C9H18O4S/c1-3-5-7-9(10)14(11,12)13-8-6-4-2/h3-8H2,1-2H3. The molecule has 0 rings (SSSR count). The van der Waals surface area contributed by atoms with E-state index in [2.05, 4.69) is 4.18 Å². The number of hydrogen-bond acceptors (Lipinski definition) is 4. The molecule has 0 radical (unpaired) electrons. The molecule has 4 nitrogen and oxygen atoms in total. The number of carbonyl (C=O) groups is 1. The van der Waals surface area contributed by atoms with Crippen molar-refractivity contribution in [2.75, 3.05) is 6.61 Å². The van der Waals surface area contributed by atoms with Crippen LogP contribution < -0.4 is 0 Å². The van der Waals surface area contributed by atoms with Gasteiger partial charge in [-0.1, -0.05) is 26.7 Å². The predicted molar refractivity (Wildman–Crippen MR) is 54.3 cm³/mol. The fraction of sp³-hybridized carbons (Fsp3) is 0.889. The lowest BCUT2D eigenvalue weighted by molar-refractivity contribution is -0.112. The summed E-state index contributed by atoms with van der Waals surface area (Å²) in [6, 6.07) is 0. The third-order valence-electron chi connectivity index (χ3n) is 1.75. The van der Waals surface area contributed by atoms with Crippen molar-refractivity contribution in [2.45, 2.75) is 46.0 Å². The number of unbranched alkanes of at least 4 members (excludes halogenated alkanes) is 2. The summed E-state index contributed by atoms with van der Waals surface area (Å²) >= 11 is 0. The lowest BCUT2D eigenvalue weighted by atomic mass is 10.3. The second-order valence-corrected chi connectivity index (χ2v) is 4.70. The quantitative estimate of drug-likeness (QED) is 0.487. The molecular formula is C9H18O4S. The summed E-state index contributed by atoms with van der Waals surface area (Å²) < 4.78 is 26.8. The number of carbonyl (C=O) groups excluding carboxylic acids is 1. The van der Waals surface area contributed by atoms with Crippen LogP contribution >= 0.6 is 0 Å². The summed E-state index contributed by atoms with van der Waals surface area (Å²) in [5.41, 5.74) is 0. The number of hydrogen-bond donors (Lipinski definition) is 0. The van der Waals surface area contributed by atoms with E-state index in [1.165, 1.54) is 0 Å². The van der Waals surface area contributed by atoms with Crippen molar-refractivity contribution in [1.82, 2.24) is 0 Å². The Balaban J connectivity index is 3.98. The Hall–Kier alpha value is -0.420. The molecule has 0 spiro atoms. The van der Waals surface area contributed by atoms with Gasteiger partial charge in [-0.05, 0) is 12.8 Å². The van der Waals surface area contributed by atoms with E-state index in [0.717, 1.165) is 12.8 Å². The first-order chi connectivity index (χ1) is 6.54. The highest BCUT2D eigenvalue weighted by molar-refractivity contribution is 8.02. The van der Waals surface area contributed by atoms with Gasteiger partial charge in [-0.25, -0.2) is 0 Å². The highest BCUT2D eigenvalue weighted by atomic mass is 32.2. The lowest BCUT2D eigenvalue weighted by Gasteiger charge is -2.02. The maximum atomic E-state index is 11.1. The molecule has 0 aromatic carbocycles. The van der Waals surface area contributed by atoms with Gasteiger partial charge in [0.05, 0.1) is 6.61 Å². The van der Waals surface area contributed by atoms with E-state index >= 15 is 0 Å². The first-order valence-electron chi connectivity index (χ1n) is 4.96. The van der Waals surface area contributed by atoms with Crippen LogP contribution in [0.4, 0.5) is 0 Å². The molecule has 0 amide bonds. The minimum Gasteiger partial charge on any atom is -0.279 e. The summed E-state index contributed by atoms with van der Waals surface area (Å²) in [5.74, 6) is 0. The molecule has 0 heterocycles. The average Bonchev–Trinajstić information content (AvgIpc) is 2.14. The molecule has 14 heavy (non-hydrogen) atoms. The maximum Gasteiger partial charge on any atom is 0.331 e. The molecule has 0 unspecified atom stereocenters. The first-order valence-corrected chi connectivity index (χ1v) is 6.37. The molecule has 84 valence electrons. The van der Waals surface area contributed by atoms with Gasteiger partial charge in [0.1, 0.15) is 0 Å². The van der Waals surface area contributed by atoms with Crippen LogP contribution in [0.25, 0.3) is 0 Å². The maximum absolute atomic E-state index is 11.1. The summed E-state index contributed by atoms with van der Waals surface area (Å²) in [7, 11) is -3.94. The Kier molecular flexibility index (Phi) is 6.74. The summed E-state index contributed by atoms with van der Waals surface area (Å²) in [6.07, 6.45) is 2.95. The van der Waals surface area contributed by atoms with Crippen LogP contribution in [0.5, 0.6) is 0 Å². The third kappa shape index (κ3) is 5.34. The van der Waals surface area contributed by atoms with Crippen LogP contribution in [0.3, 0.4) is 0 Å². The summed E-state index contributed by atoms with van der Waals surface area (Å²) in [4.78, 5) is 11.1. The molecule has 0 saturated carbocycles. The second kappa shape index (κ2) is 6.95. The van der Waals surface area contributed by atoms with Crippen molar-refractivity contribution >= 4 is 15.2 Å².